The summed E-state index contributed by atoms with van der Waals surface area (Å²) in [5, 5.41) is 3.03. The van der Waals surface area contributed by atoms with Crippen molar-refractivity contribution in [1.29, 1.82) is 0 Å². The van der Waals surface area contributed by atoms with Gasteiger partial charge in [0.2, 0.25) is 5.91 Å². The van der Waals surface area contributed by atoms with Gasteiger partial charge in [0.15, 0.2) is 0 Å². The second kappa shape index (κ2) is 6.60. The number of carbonyl (C=O) groups is 1. The van der Waals surface area contributed by atoms with Gasteiger partial charge in [-0.05, 0) is 42.9 Å². The highest BCUT2D eigenvalue weighted by atomic mass is 16.5. The lowest BCUT2D eigenvalue weighted by molar-refractivity contribution is -0.127. The van der Waals surface area contributed by atoms with Crippen molar-refractivity contribution in [3.05, 3.63) is 29.3 Å². The molecule has 0 saturated heterocycles. The zero-order valence-electron chi connectivity index (χ0n) is 11.9. The molecule has 3 nitrogen and oxygen atoms in total. The van der Waals surface area contributed by atoms with Crippen molar-refractivity contribution in [2.24, 2.45) is 5.92 Å². The highest BCUT2D eigenvalue weighted by Crippen LogP contribution is 2.26. The summed E-state index contributed by atoms with van der Waals surface area (Å²) >= 11 is 0. The fourth-order valence-electron chi connectivity index (χ4n) is 2.41. The third-order valence-electron chi connectivity index (χ3n) is 3.91. The van der Waals surface area contributed by atoms with E-state index in [4.69, 9.17) is 4.74 Å². The maximum absolute atomic E-state index is 11.7. The Morgan fingerprint density at radius 1 is 1.42 bits per heavy atom. The summed E-state index contributed by atoms with van der Waals surface area (Å²) < 4.78 is 5.32. The molecule has 3 heteroatoms. The summed E-state index contributed by atoms with van der Waals surface area (Å²) in [7, 11) is 1.70. The van der Waals surface area contributed by atoms with Gasteiger partial charge in [0.05, 0.1) is 7.11 Å². The van der Waals surface area contributed by atoms with Gasteiger partial charge in [-0.25, -0.2) is 0 Å². The van der Waals surface area contributed by atoms with E-state index in [1.165, 1.54) is 17.5 Å². The number of nitrogens with one attached hydrogen (secondary N) is 1. The van der Waals surface area contributed by atoms with Crippen molar-refractivity contribution in [2.75, 3.05) is 13.7 Å². The second-order valence-electron chi connectivity index (χ2n) is 5.17. The van der Waals surface area contributed by atoms with E-state index in [1.54, 1.807) is 7.11 Å². The molecule has 2 rings (SSSR count). The summed E-state index contributed by atoms with van der Waals surface area (Å²) in [5.74, 6) is 1.46. The molecule has 0 radical (unpaired) electrons. The quantitative estimate of drug-likeness (QED) is 0.855. The first-order valence-electron chi connectivity index (χ1n) is 7.18. The van der Waals surface area contributed by atoms with Crippen LogP contribution in [-0.2, 0) is 17.6 Å². The van der Waals surface area contributed by atoms with Crippen molar-refractivity contribution in [3.63, 3.8) is 0 Å². The van der Waals surface area contributed by atoms with Crippen LogP contribution in [0.25, 0.3) is 0 Å². The molecular weight excluding hydrogens is 238 g/mol. The highest BCUT2D eigenvalue weighted by Gasteiger charge is 2.24. The van der Waals surface area contributed by atoms with Crippen LogP contribution in [0.15, 0.2) is 18.2 Å². The number of benzene rings is 1. The Morgan fingerprint density at radius 2 is 2.21 bits per heavy atom. The van der Waals surface area contributed by atoms with Gasteiger partial charge in [0.1, 0.15) is 5.75 Å². The molecule has 1 aromatic carbocycles. The van der Waals surface area contributed by atoms with E-state index < -0.39 is 0 Å². The number of carbonyl (C=O) groups excluding carboxylic acids is 1. The minimum absolute atomic E-state index is 0.232. The van der Waals surface area contributed by atoms with Crippen molar-refractivity contribution in [3.8, 4) is 5.75 Å². The minimum atomic E-state index is 0.232. The van der Waals surface area contributed by atoms with Gasteiger partial charge in [-0.2, -0.15) is 0 Å². The fourth-order valence-corrected chi connectivity index (χ4v) is 2.41. The number of amides is 1. The summed E-state index contributed by atoms with van der Waals surface area (Å²) in [4.78, 5) is 11.7. The Bertz CT molecular complexity index is 438. The van der Waals surface area contributed by atoms with Crippen LogP contribution < -0.4 is 10.1 Å². The molecular formula is C16H23NO2. The zero-order chi connectivity index (χ0) is 13.7. The molecule has 1 fully saturated rings. The molecule has 1 aromatic rings. The van der Waals surface area contributed by atoms with E-state index in [1.807, 2.05) is 6.07 Å². The maximum atomic E-state index is 11.7. The van der Waals surface area contributed by atoms with Crippen molar-refractivity contribution >= 4 is 5.91 Å². The topological polar surface area (TPSA) is 38.3 Å². The lowest BCUT2D eigenvalue weighted by atomic mass is 9.85. The third kappa shape index (κ3) is 3.49. The summed E-state index contributed by atoms with van der Waals surface area (Å²) in [6.07, 6.45) is 5.18. The Morgan fingerprint density at radius 3 is 2.79 bits per heavy atom. The molecule has 1 N–H and O–H groups in total. The Balaban J connectivity index is 1.83. The van der Waals surface area contributed by atoms with E-state index in [0.717, 1.165) is 38.0 Å². The van der Waals surface area contributed by atoms with Crippen molar-refractivity contribution < 1.29 is 9.53 Å². The van der Waals surface area contributed by atoms with Gasteiger partial charge in [-0.15, -0.1) is 0 Å². The van der Waals surface area contributed by atoms with E-state index in [2.05, 4.69) is 24.4 Å². The number of aryl methyl sites for hydroxylation is 1. The largest absolute Gasteiger partial charge is 0.496 e. The lowest BCUT2D eigenvalue weighted by Crippen LogP contribution is -2.35. The van der Waals surface area contributed by atoms with Crippen LogP contribution in [0.3, 0.4) is 0 Å². The van der Waals surface area contributed by atoms with Crippen LogP contribution in [-0.4, -0.2) is 19.6 Å². The van der Waals surface area contributed by atoms with Gasteiger partial charge in [0.25, 0.3) is 0 Å². The molecule has 0 bridgehead atoms. The molecule has 0 spiro atoms. The first-order chi connectivity index (χ1) is 9.24. The number of hydrogen-bond acceptors (Lipinski definition) is 2. The Labute approximate surface area is 115 Å². The first kappa shape index (κ1) is 13.9. The molecule has 19 heavy (non-hydrogen) atoms. The molecule has 1 saturated carbocycles. The van der Waals surface area contributed by atoms with Gasteiger partial charge < -0.3 is 10.1 Å². The average Bonchev–Trinajstić information content (AvgIpc) is 2.36. The molecule has 1 amide bonds. The summed E-state index contributed by atoms with van der Waals surface area (Å²) in [6, 6.07) is 6.27. The van der Waals surface area contributed by atoms with Crippen LogP contribution in [0.2, 0.25) is 0 Å². The number of rotatable bonds is 6. The second-order valence-corrected chi connectivity index (χ2v) is 5.17. The molecule has 0 aliphatic heterocycles. The van der Waals surface area contributed by atoms with E-state index in [9.17, 15) is 4.79 Å². The number of hydrogen-bond donors (Lipinski definition) is 1. The Hall–Kier alpha value is -1.51. The number of ether oxygens (including phenoxy) is 1. The lowest BCUT2D eigenvalue weighted by Gasteiger charge is -2.24. The van der Waals surface area contributed by atoms with Gasteiger partial charge in [-0.3, -0.25) is 4.79 Å². The van der Waals surface area contributed by atoms with Crippen LogP contribution in [0, 0.1) is 5.92 Å². The van der Waals surface area contributed by atoms with Gasteiger partial charge >= 0.3 is 0 Å². The molecule has 0 aromatic heterocycles. The van der Waals surface area contributed by atoms with E-state index in [0.29, 0.717) is 0 Å². The predicted octanol–water partition coefficient (Wildman–Crippen LogP) is 2.72. The number of methoxy groups -OCH3 is 1. The summed E-state index contributed by atoms with van der Waals surface area (Å²) in [5.41, 5.74) is 2.48. The normalized spacial score (nSPS) is 14.8. The van der Waals surface area contributed by atoms with Crippen LogP contribution in [0.1, 0.15) is 37.3 Å². The SMILES string of the molecule is CCc1cc(CCNC(=O)C2CCC2)ccc1OC. The molecule has 104 valence electrons. The first-order valence-corrected chi connectivity index (χ1v) is 7.18. The summed E-state index contributed by atoms with van der Waals surface area (Å²) in [6.45, 7) is 2.85. The minimum Gasteiger partial charge on any atom is -0.496 e. The van der Waals surface area contributed by atoms with Crippen molar-refractivity contribution in [2.45, 2.75) is 39.0 Å². The average molecular weight is 261 g/mol. The zero-order valence-corrected chi connectivity index (χ0v) is 11.9. The molecule has 1 aliphatic rings. The standard InChI is InChI=1S/C16H23NO2/c1-3-13-11-12(7-8-15(13)19-2)9-10-17-16(18)14-5-4-6-14/h7-8,11,14H,3-6,9-10H2,1-2H3,(H,17,18). The molecule has 1 aliphatic carbocycles. The molecule has 0 atom stereocenters. The van der Waals surface area contributed by atoms with Gasteiger partial charge in [-0.1, -0.05) is 25.5 Å². The van der Waals surface area contributed by atoms with Crippen LogP contribution >= 0.6 is 0 Å². The van der Waals surface area contributed by atoms with Crippen LogP contribution in [0.5, 0.6) is 5.75 Å². The fraction of sp³-hybridized carbons (Fsp3) is 0.562. The highest BCUT2D eigenvalue weighted by molar-refractivity contribution is 5.79. The van der Waals surface area contributed by atoms with Gasteiger partial charge in [0, 0.05) is 12.5 Å². The monoisotopic (exact) mass is 261 g/mol. The predicted molar refractivity (Wildman–Crippen MR) is 76.4 cm³/mol. The van der Waals surface area contributed by atoms with E-state index >= 15 is 0 Å². The van der Waals surface area contributed by atoms with E-state index in [-0.39, 0.29) is 11.8 Å². The maximum Gasteiger partial charge on any atom is 0.223 e. The van der Waals surface area contributed by atoms with Crippen molar-refractivity contribution in [1.82, 2.24) is 5.32 Å². The Kier molecular flexibility index (Phi) is 4.83. The third-order valence-corrected chi connectivity index (χ3v) is 3.91. The smallest absolute Gasteiger partial charge is 0.223 e. The molecule has 0 heterocycles. The molecule has 0 unspecified atom stereocenters. The van der Waals surface area contributed by atoms with Crippen LogP contribution in [0.4, 0.5) is 0 Å².